The maximum absolute atomic E-state index is 9.40. The highest BCUT2D eigenvalue weighted by atomic mass is 16.3. The lowest BCUT2D eigenvalue weighted by atomic mass is 10.3. The lowest BCUT2D eigenvalue weighted by Crippen LogP contribution is -2.21. The highest BCUT2D eigenvalue weighted by Gasteiger charge is 2.20. The van der Waals surface area contributed by atoms with E-state index in [0.29, 0.717) is 6.04 Å². The van der Waals surface area contributed by atoms with E-state index in [-0.39, 0.29) is 6.10 Å². The first-order valence-electron chi connectivity index (χ1n) is 5.59. The van der Waals surface area contributed by atoms with Gasteiger partial charge in [-0.2, -0.15) is 5.10 Å². The normalized spacial score (nSPS) is 22.8. The molecule has 0 radical (unpaired) electrons. The minimum Gasteiger partial charge on any atom is -0.392 e. The molecule has 0 amide bonds. The van der Waals surface area contributed by atoms with E-state index in [1.54, 1.807) is 0 Å². The zero-order chi connectivity index (χ0) is 10.8. The monoisotopic (exact) mass is 209 g/mol. The van der Waals surface area contributed by atoms with E-state index in [4.69, 9.17) is 0 Å². The van der Waals surface area contributed by atoms with E-state index in [0.717, 1.165) is 31.7 Å². The number of aromatic nitrogens is 2. The Morgan fingerprint density at radius 3 is 2.93 bits per heavy atom. The van der Waals surface area contributed by atoms with Crippen LogP contribution in [0.4, 0.5) is 0 Å². The summed E-state index contributed by atoms with van der Waals surface area (Å²) in [6, 6.07) is 2.48. The summed E-state index contributed by atoms with van der Waals surface area (Å²) in [7, 11) is 0. The van der Waals surface area contributed by atoms with Crippen LogP contribution in [0.25, 0.3) is 0 Å². The molecule has 0 bridgehead atoms. The highest BCUT2D eigenvalue weighted by molar-refractivity contribution is 5.00. The van der Waals surface area contributed by atoms with Gasteiger partial charge >= 0.3 is 0 Å². The molecule has 0 unspecified atom stereocenters. The second kappa shape index (κ2) is 4.33. The highest BCUT2D eigenvalue weighted by Crippen LogP contribution is 2.13. The third-order valence-corrected chi connectivity index (χ3v) is 2.83. The summed E-state index contributed by atoms with van der Waals surface area (Å²) in [4.78, 5) is 2.25. The zero-order valence-electron chi connectivity index (χ0n) is 9.43. The average molecular weight is 209 g/mol. The number of hydrogen-bond acceptors (Lipinski definition) is 3. The molecule has 1 N–H and O–H groups in total. The van der Waals surface area contributed by atoms with Crippen LogP contribution >= 0.6 is 0 Å². The maximum atomic E-state index is 9.40. The Kier molecular flexibility index (Phi) is 3.07. The van der Waals surface area contributed by atoms with Crippen molar-refractivity contribution < 1.29 is 5.11 Å². The molecular formula is C11H19N3O. The largest absolute Gasteiger partial charge is 0.392 e. The molecule has 1 fully saturated rings. The molecular weight excluding hydrogens is 190 g/mol. The van der Waals surface area contributed by atoms with Crippen LogP contribution in [0, 0.1) is 0 Å². The fourth-order valence-corrected chi connectivity index (χ4v) is 1.93. The smallest absolute Gasteiger partial charge is 0.0764 e. The van der Waals surface area contributed by atoms with Crippen molar-refractivity contribution in [1.82, 2.24) is 14.7 Å². The van der Waals surface area contributed by atoms with E-state index in [9.17, 15) is 5.11 Å². The van der Waals surface area contributed by atoms with E-state index < -0.39 is 0 Å². The molecule has 1 aliphatic rings. The summed E-state index contributed by atoms with van der Waals surface area (Å²) in [5, 5.41) is 13.9. The fourth-order valence-electron chi connectivity index (χ4n) is 1.93. The topological polar surface area (TPSA) is 41.3 Å². The Bertz CT molecular complexity index is 321. The summed E-state index contributed by atoms with van der Waals surface area (Å²) in [6.07, 6.45) is 2.77. The van der Waals surface area contributed by atoms with Crippen molar-refractivity contribution in [2.24, 2.45) is 0 Å². The average Bonchev–Trinajstić information content (AvgIpc) is 2.76. The predicted octanol–water partition coefficient (Wildman–Crippen LogP) is 1.03. The SMILES string of the molecule is CC(C)n1ccc(CN2CC[C@H](O)C2)n1. The Morgan fingerprint density at radius 2 is 2.40 bits per heavy atom. The molecule has 0 aromatic carbocycles. The van der Waals surface area contributed by atoms with Gasteiger partial charge in [-0.05, 0) is 26.3 Å². The van der Waals surface area contributed by atoms with Crippen molar-refractivity contribution in [2.75, 3.05) is 13.1 Å². The first-order chi connectivity index (χ1) is 7.15. The Balaban J connectivity index is 1.93. The molecule has 1 atom stereocenters. The number of aliphatic hydroxyl groups is 1. The molecule has 0 saturated carbocycles. The second-order valence-electron chi connectivity index (χ2n) is 4.56. The van der Waals surface area contributed by atoms with Gasteiger partial charge < -0.3 is 5.11 Å². The van der Waals surface area contributed by atoms with Crippen LogP contribution in [0.15, 0.2) is 12.3 Å². The number of nitrogens with zero attached hydrogens (tertiary/aromatic N) is 3. The van der Waals surface area contributed by atoms with Gasteiger partial charge in [-0.15, -0.1) is 0 Å². The van der Waals surface area contributed by atoms with E-state index in [2.05, 4.69) is 29.9 Å². The molecule has 1 aromatic rings. The van der Waals surface area contributed by atoms with Crippen molar-refractivity contribution in [2.45, 2.75) is 39.0 Å². The van der Waals surface area contributed by atoms with E-state index >= 15 is 0 Å². The number of β-amino-alcohol motifs (C(OH)–C–C–N with tert-alkyl or cyclic N) is 1. The lowest BCUT2D eigenvalue weighted by molar-refractivity contribution is 0.174. The van der Waals surface area contributed by atoms with Crippen LogP contribution in [-0.2, 0) is 6.54 Å². The molecule has 4 heteroatoms. The summed E-state index contributed by atoms with van der Waals surface area (Å²) >= 11 is 0. The quantitative estimate of drug-likeness (QED) is 0.808. The number of hydrogen-bond donors (Lipinski definition) is 1. The van der Waals surface area contributed by atoms with Gasteiger partial charge in [0.15, 0.2) is 0 Å². The maximum Gasteiger partial charge on any atom is 0.0764 e. The van der Waals surface area contributed by atoms with Crippen molar-refractivity contribution in [3.63, 3.8) is 0 Å². The summed E-state index contributed by atoms with van der Waals surface area (Å²) in [6.45, 7) is 6.87. The van der Waals surface area contributed by atoms with Gasteiger partial charge in [0.25, 0.3) is 0 Å². The summed E-state index contributed by atoms with van der Waals surface area (Å²) in [5.41, 5.74) is 1.10. The van der Waals surface area contributed by atoms with Crippen LogP contribution in [0.2, 0.25) is 0 Å². The van der Waals surface area contributed by atoms with Gasteiger partial charge in [-0.1, -0.05) is 0 Å². The minimum atomic E-state index is -0.141. The second-order valence-corrected chi connectivity index (χ2v) is 4.56. The molecule has 2 rings (SSSR count). The molecule has 84 valence electrons. The lowest BCUT2D eigenvalue weighted by Gasteiger charge is -2.12. The minimum absolute atomic E-state index is 0.141. The summed E-state index contributed by atoms with van der Waals surface area (Å²) in [5.74, 6) is 0. The van der Waals surface area contributed by atoms with E-state index in [1.165, 1.54) is 0 Å². The van der Waals surface area contributed by atoms with Crippen molar-refractivity contribution in [3.05, 3.63) is 18.0 Å². The van der Waals surface area contributed by atoms with Crippen LogP contribution in [0.1, 0.15) is 32.0 Å². The molecule has 1 aromatic heterocycles. The van der Waals surface area contributed by atoms with Gasteiger partial charge in [0, 0.05) is 31.9 Å². The van der Waals surface area contributed by atoms with Crippen molar-refractivity contribution >= 4 is 0 Å². The van der Waals surface area contributed by atoms with Crippen LogP contribution in [0.3, 0.4) is 0 Å². The Morgan fingerprint density at radius 1 is 1.60 bits per heavy atom. The predicted molar refractivity (Wildman–Crippen MR) is 58.5 cm³/mol. The first-order valence-corrected chi connectivity index (χ1v) is 5.59. The first kappa shape index (κ1) is 10.6. The van der Waals surface area contributed by atoms with Crippen LogP contribution in [-0.4, -0.2) is 39.0 Å². The standard InChI is InChI=1S/C11H19N3O/c1-9(2)14-6-3-10(12-14)7-13-5-4-11(15)8-13/h3,6,9,11,15H,4-5,7-8H2,1-2H3/t11-/m0/s1. The van der Waals surface area contributed by atoms with E-state index in [1.807, 2.05) is 10.9 Å². The third-order valence-electron chi connectivity index (χ3n) is 2.83. The Labute approximate surface area is 90.5 Å². The van der Waals surface area contributed by atoms with Crippen LogP contribution < -0.4 is 0 Å². The van der Waals surface area contributed by atoms with Crippen LogP contribution in [0.5, 0.6) is 0 Å². The molecule has 4 nitrogen and oxygen atoms in total. The third kappa shape index (κ3) is 2.58. The van der Waals surface area contributed by atoms with Crippen molar-refractivity contribution in [3.8, 4) is 0 Å². The molecule has 15 heavy (non-hydrogen) atoms. The number of likely N-dealkylation sites (tertiary alicyclic amines) is 1. The molecule has 0 spiro atoms. The van der Waals surface area contributed by atoms with Gasteiger partial charge in [0.2, 0.25) is 0 Å². The van der Waals surface area contributed by atoms with Gasteiger partial charge in [-0.3, -0.25) is 9.58 Å². The number of aliphatic hydroxyl groups excluding tert-OH is 1. The van der Waals surface area contributed by atoms with Gasteiger partial charge in [0.1, 0.15) is 0 Å². The Hall–Kier alpha value is -0.870. The fraction of sp³-hybridized carbons (Fsp3) is 0.727. The van der Waals surface area contributed by atoms with Gasteiger partial charge in [0.05, 0.1) is 11.8 Å². The van der Waals surface area contributed by atoms with Crippen molar-refractivity contribution in [1.29, 1.82) is 0 Å². The molecule has 1 saturated heterocycles. The molecule has 2 heterocycles. The zero-order valence-corrected chi connectivity index (χ0v) is 9.43. The summed E-state index contributed by atoms with van der Waals surface area (Å²) < 4.78 is 1.97. The van der Waals surface area contributed by atoms with Gasteiger partial charge in [-0.25, -0.2) is 0 Å². The number of rotatable bonds is 3. The molecule has 1 aliphatic heterocycles. The molecule has 0 aliphatic carbocycles.